The lowest BCUT2D eigenvalue weighted by molar-refractivity contribution is -0.384. The molecule has 0 aliphatic carbocycles. The average molecular weight is 329 g/mol. The summed E-state index contributed by atoms with van der Waals surface area (Å²) in [5.74, 6) is -0.773. The van der Waals surface area contributed by atoms with Crippen molar-refractivity contribution in [3.63, 3.8) is 0 Å². The number of hydrogen-bond donors (Lipinski definition) is 0. The van der Waals surface area contributed by atoms with Crippen LogP contribution in [0.4, 0.5) is 5.69 Å². The SMILES string of the molecule is COC(=O)c1cc([N+](=O)[O-])c(Cl)c(Br)c1Cl. The lowest BCUT2D eigenvalue weighted by Crippen LogP contribution is -2.04. The smallest absolute Gasteiger partial charge is 0.339 e. The van der Waals surface area contributed by atoms with Crippen LogP contribution in [-0.4, -0.2) is 18.0 Å². The maximum Gasteiger partial charge on any atom is 0.339 e. The number of carbonyl (C=O) groups excluding carboxylic acids is 1. The van der Waals surface area contributed by atoms with E-state index < -0.39 is 16.6 Å². The molecular weight excluding hydrogens is 325 g/mol. The zero-order valence-corrected chi connectivity index (χ0v) is 10.9. The van der Waals surface area contributed by atoms with Crippen LogP contribution in [0.5, 0.6) is 0 Å². The number of benzene rings is 1. The number of nitro groups is 1. The van der Waals surface area contributed by atoms with Crippen molar-refractivity contribution in [1.82, 2.24) is 0 Å². The van der Waals surface area contributed by atoms with Gasteiger partial charge in [0.1, 0.15) is 5.02 Å². The first-order valence-corrected chi connectivity index (χ1v) is 5.35. The van der Waals surface area contributed by atoms with Gasteiger partial charge in [-0.15, -0.1) is 0 Å². The first-order chi connectivity index (χ1) is 7.40. The Morgan fingerprint density at radius 1 is 1.50 bits per heavy atom. The maximum absolute atomic E-state index is 11.3. The molecule has 0 aliphatic rings. The van der Waals surface area contributed by atoms with Gasteiger partial charge in [0.05, 0.1) is 27.1 Å². The molecule has 86 valence electrons. The van der Waals surface area contributed by atoms with Crippen molar-refractivity contribution >= 4 is 50.8 Å². The molecule has 8 heteroatoms. The van der Waals surface area contributed by atoms with E-state index in [1.165, 1.54) is 0 Å². The summed E-state index contributed by atoms with van der Waals surface area (Å²) in [5.41, 5.74) is -0.537. The van der Waals surface area contributed by atoms with E-state index in [0.29, 0.717) is 0 Å². The van der Waals surface area contributed by atoms with Gasteiger partial charge in [-0.2, -0.15) is 0 Å². The Hall–Kier alpha value is -0.850. The summed E-state index contributed by atoms with van der Waals surface area (Å²) >= 11 is 14.5. The predicted molar refractivity (Wildman–Crippen MR) is 62.2 cm³/mol. The fourth-order valence-corrected chi connectivity index (χ4v) is 1.89. The summed E-state index contributed by atoms with van der Waals surface area (Å²) in [4.78, 5) is 21.2. The predicted octanol–water partition coefficient (Wildman–Crippen LogP) is 3.45. The summed E-state index contributed by atoms with van der Waals surface area (Å²) in [6.45, 7) is 0. The lowest BCUT2D eigenvalue weighted by atomic mass is 10.2. The summed E-state index contributed by atoms with van der Waals surface area (Å²) in [5, 5.41) is 10.5. The van der Waals surface area contributed by atoms with Crippen molar-refractivity contribution in [3.05, 3.63) is 36.3 Å². The second kappa shape index (κ2) is 4.99. The molecule has 0 saturated carbocycles. The number of esters is 1. The van der Waals surface area contributed by atoms with Crippen LogP contribution in [0.25, 0.3) is 0 Å². The van der Waals surface area contributed by atoms with Crippen molar-refractivity contribution in [2.24, 2.45) is 0 Å². The molecule has 0 atom stereocenters. The highest BCUT2D eigenvalue weighted by Crippen LogP contribution is 2.39. The van der Waals surface area contributed by atoms with Gasteiger partial charge in [-0.1, -0.05) is 23.2 Å². The molecule has 1 aromatic carbocycles. The number of nitro benzene ring substituents is 1. The number of halogens is 3. The Labute approximate surface area is 109 Å². The second-order valence-electron chi connectivity index (χ2n) is 2.63. The molecule has 0 saturated heterocycles. The molecule has 16 heavy (non-hydrogen) atoms. The van der Waals surface area contributed by atoms with Crippen LogP contribution >= 0.6 is 39.1 Å². The van der Waals surface area contributed by atoms with Crippen LogP contribution in [0.3, 0.4) is 0 Å². The molecule has 0 unspecified atom stereocenters. The minimum absolute atomic E-state index is 0.0255. The van der Waals surface area contributed by atoms with E-state index >= 15 is 0 Å². The third-order valence-electron chi connectivity index (χ3n) is 1.73. The average Bonchev–Trinajstić information content (AvgIpc) is 2.25. The van der Waals surface area contributed by atoms with Gasteiger partial charge in [0, 0.05) is 6.07 Å². The van der Waals surface area contributed by atoms with Crippen LogP contribution in [0.15, 0.2) is 10.5 Å². The van der Waals surface area contributed by atoms with Gasteiger partial charge in [0.15, 0.2) is 0 Å². The van der Waals surface area contributed by atoms with E-state index in [1.54, 1.807) is 0 Å². The van der Waals surface area contributed by atoms with Crippen LogP contribution in [0.1, 0.15) is 10.4 Å². The topological polar surface area (TPSA) is 69.4 Å². The van der Waals surface area contributed by atoms with Gasteiger partial charge in [-0.3, -0.25) is 10.1 Å². The minimum atomic E-state index is -0.773. The molecule has 0 bridgehead atoms. The molecule has 0 radical (unpaired) electrons. The fraction of sp³-hybridized carbons (Fsp3) is 0.125. The third-order valence-corrected chi connectivity index (χ3v) is 3.75. The molecule has 1 rings (SSSR count). The Bertz CT molecular complexity index is 478. The molecular formula is C8H4BrCl2NO4. The number of carbonyl (C=O) groups is 1. The normalized spacial score (nSPS) is 10.0. The van der Waals surface area contributed by atoms with E-state index in [-0.39, 0.29) is 20.1 Å². The largest absolute Gasteiger partial charge is 0.465 e. The number of rotatable bonds is 2. The van der Waals surface area contributed by atoms with Gasteiger partial charge in [0.25, 0.3) is 5.69 Å². The minimum Gasteiger partial charge on any atom is -0.465 e. The second-order valence-corrected chi connectivity index (χ2v) is 4.18. The van der Waals surface area contributed by atoms with E-state index in [2.05, 4.69) is 20.7 Å². The highest BCUT2D eigenvalue weighted by atomic mass is 79.9. The highest BCUT2D eigenvalue weighted by Gasteiger charge is 2.24. The van der Waals surface area contributed by atoms with Gasteiger partial charge in [-0.05, 0) is 15.9 Å². The van der Waals surface area contributed by atoms with Gasteiger partial charge >= 0.3 is 5.97 Å². The van der Waals surface area contributed by atoms with Crippen LogP contribution in [-0.2, 0) is 4.74 Å². The Kier molecular flexibility index (Phi) is 4.12. The zero-order valence-electron chi connectivity index (χ0n) is 7.79. The van der Waals surface area contributed by atoms with Gasteiger partial charge in [0.2, 0.25) is 0 Å². The van der Waals surface area contributed by atoms with Crippen molar-refractivity contribution in [2.75, 3.05) is 7.11 Å². The summed E-state index contributed by atoms with van der Waals surface area (Å²) < 4.78 is 4.53. The molecule has 5 nitrogen and oxygen atoms in total. The van der Waals surface area contributed by atoms with Crippen LogP contribution in [0.2, 0.25) is 10.0 Å². The van der Waals surface area contributed by atoms with E-state index in [9.17, 15) is 14.9 Å². The summed E-state index contributed by atoms with van der Waals surface area (Å²) in [6.07, 6.45) is 0. The monoisotopic (exact) mass is 327 g/mol. The van der Waals surface area contributed by atoms with E-state index in [4.69, 9.17) is 23.2 Å². The number of ether oxygens (including phenoxy) is 1. The van der Waals surface area contributed by atoms with E-state index in [1.807, 2.05) is 0 Å². The van der Waals surface area contributed by atoms with E-state index in [0.717, 1.165) is 13.2 Å². The molecule has 0 spiro atoms. The Morgan fingerprint density at radius 2 is 2.06 bits per heavy atom. The fourth-order valence-electron chi connectivity index (χ4n) is 0.982. The first kappa shape index (κ1) is 13.2. The molecule has 0 amide bonds. The van der Waals surface area contributed by atoms with Crippen molar-refractivity contribution < 1.29 is 14.5 Å². The standard InChI is InChI=1S/C8H4BrCl2NO4/c1-16-8(13)3-2-4(12(14)15)7(11)5(9)6(3)10/h2H,1H3. The molecule has 0 N–H and O–H groups in total. The van der Waals surface area contributed by atoms with Crippen molar-refractivity contribution in [2.45, 2.75) is 0 Å². The number of nitrogens with zero attached hydrogens (tertiary/aromatic N) is 1. The van der Waals surface area contributed by atoms with Gasteiger partial charge in [-0.25, -0.2) is 4.79 Å². The summed E-state index contributed by atoms with van der Waals surface area (Å²) in [6, 6.07) is 0.973. The Morgan fingerprint density at radius 3 is 2.50 bits per heavy atom. The molecule has 1 aromatic rings. The molecule has 0 aromatic heterocycles. The highest BCUT2D eigenvalue weighted by molar-refractivity contribution is 9.10. The molecule has 0 fully saturated rings. The lowest BCUT2D eigenvalue weighted by Gasteiger charge is -2.06. The third kappa shape index (κ3) is 2.28. The molecule has 0 aliphatic heterocycles. The quantitative estimate of drug-likeness (QED) is 0.361. The van der Waals surface area contributed by atoms with Crippen molar-refractivity contribution in [3.8, 4) is 0 Å². The zero-order chi connectivity index (χ0) is 12.5. The molecule has 0 heterocycles. The first-order valence-electron chi connectivity index (χ1n) is 3.80. The number of methoxy groups -OCH3 is 1. The Balaban J connectivity index is 3.53. The van der Waals surface area contributed by atoms with Crippen LogP contribution in [0, 0.1) is 10.1 Å². The van der Waals surface area contributed by atoms with Crippen LogP contribution < -0.4 is 0 Å². The summed E-state index contributed by atoms with van der Waals surface area (Å²) in [7, 11) is 1.15. The van der Waals surface area contributed by atoms with Gasteiger partial charge < -0.3 is 4.74 Å². The van der Waals surface area contributed by atoms with Crippen molar-refractivity contribution in [1.29, 1.82) is 0 Å². The maximum atomic E-state index is 11.3. The number of hydrogen-bond acceptors (Lipinski definition) is 4.